The summed E-state index contributed by atoms with van der Waals surface area (Å²) in [7, 11) is 0. The maximum Gasteiger partial charge on any atom is 0.256 e. The molecule has 3 amide bonds. The molecular formula is C13H10FIN2O3. The van der Waals surface area contributed by atoms with Gasteiger partial charge in [0, 0.05) is 13.0 Å². The number of fused-ring (bicyclic) bond motifs is 1. The Morgan fingerprint density at radius 1 is 1.30 bits per heavy atom. The van der Waals surface area contributed by atoms with E-state index in [0.717, 1.165) is 0 Å². The number of nitrogens with zero attached hydrogens (tertiary/aromatic N) is 1. The monoisotopic (exact) mass is 388 g/mol. The van der Waals surface area contributed by atoms with Crippen LogP contribution < -0.4 is 5.32 Å². The molecule has 1 N–H and O–H groups in total. The summed E-state index contributed by atoms with van der Waals surface area (Å²) in [6.45, 7) is 0.275. The van der Waals surface area contributed by atoms with Crippen LogP contribution in [-0.2, 0) is 16.1 Å². The van der Waals surface area contributed by atoms with E-state index < -0.39 is 17.8 Å². The van der Waals surface area contributed by atoms with Crippen LogP contribution in [-0.4, -0.2) is 28.7 Å². The highest BCUT2D eigenvalue weighted by Gasteiger charge is 2.40. The standard InChI is InChI=1S/C13H10FIN2O3/c14-7-2-1-6-5-17(13(20)10(6)11(7)15)8-3-4-9(18)16-12(8)19/h1-2,8H,3-5H2,(H,16,18,19)/t8-/m0/s1. The first-order valence-electron chi connectivity index (χ1n) is 6.10. The molecule has 0 saturated carbocycles. The lowest BCUT2D eigenvalue weighted by atomic mass is 10.0. The van der Waals surface area contributed by atoms with Gasteiger partial charge in [-0.3, -0.25) is 19.7 Å². The van der Waals surface area contributed by atoms with Crippen LogP contribution in [0.5, 0.6) is 0 Å². The number of carbonyl (C=O) groups excluding carboxylic acids is 3. The molecule has 0 bridgehead atoms. The second-order valence-corrected chi connectivity index (χ2v) is 5.87. The lowest BCUT2D eigenvalue weighted by Gasteiger charge is -2.29. The smallest absolute Gasteiger partial charge is 0.256 e. The van der Waals surface area contributed by atoms with E-state index in [0.29, 0.717) is 17.5 Å². The number of piperidine rings is 1. The molecule has 7 heteroatoms. The minimum absolute atomic E-state index is 0.210. The number of halogens is 2. The Bertz CT molecular complexity index is 647. The predicted octanol–water partition coefficient (Wildman–Crippen LogP) is 1.19. The van der Waals surface area contributed by atoms with Gasteiger partial charge in [-0.1, -0.05) is 6.07 Å². The molecule has 1 saturated heterocycles. The van der Waals surface area contributed by atoms with Crippen LogP contribution in [0.4, 0.5) is 4.39 Å². The molecule has 0 radical (unpaired) electrons. The van der Waals surface area contributed by atoms with Gasteiger partial charge in [-0.15, -0.1) is 0 Å². The molecule has 2 aliphatic heterocycles. The fourth-order valence-corrected chi connectivity index (χ4v) is 3.34. The largest absolute Gasteiger partial charge is 0.322 e. The quantitative estimate of drug-likeness (QED) is 0.581. The van der Waals surface area contributed by atoms with Gasteiger partial charge in [-0.25, -0.2) is 4.39 Å². The number of nitrogens with one attached hydrogen (secondary N) is 1. The van der Waals surface area contributed by atoms with Crippen molar-refractivity contribution >= 4 is 40.3 Å². The third kappa shape index (κ3) is 2.00. The van der Waals surface area contributed by atoms with Crippen molar-refractivity contribution in [3.05, 3.63) is 32.6 Å². The lowest BCUT2D eigenvalue weighted by molar-refractivity contribution is -0.136. The topological polar surface area (TPSA) is 66.5 Å². The molecule has 0 aromatic heterocycles. The van der Waals surface area contributed by atoms with Gasteiger partial charge in [-0.05, 0) is 40.6 Å². The maximum atomic E-state index is 13.5. The number of benzene rings is 1. The molecule has 0 unspecified atom stereocenters. The summed E-state index contributed by atoms with van der Waals surface area (Å²) in [5.74, 6) is -1.57. The molecule has 0 aliphatic carbocycles. The molecule has 1 aromatic rings. The first-order chi connectivity index (χ1) is 9.49. The zero-order chi connectivity index (χ0) is 14.4. The van der Waals surface area contributed by atoms with Crippen molar-refractivity contribution in [3.8, 4) is 0 Å². The van der Waals surface area contributed by atoms with Crippen LogP contribution in [0.2, 0.25) is 0 Å². The zero-order valence-corrected chi connectivity index (χ0v) is 12.4. The minimum Gasteiger partial charge on any atom is -0.322 e. The third-order valence-electron chi connectivity index (χ3n) is 3.58. The number of amides is 3. The van der Waals surface area contributed by atoms with E-state index >= 15 is 0 Å². The number of carbonyl (C=O) groups is 3. The van der Waals surface area contributed by atoms with Crippen molar-refractivity contribution in [1.82, 2.24) is 10.2 Å². The molecule has 2 aliphatic rings. The van der Waals surface area contributed by atoms with Gasteiger partial charge in [0.1, 0.15) is 11.9 Å². The first kappa shape index (κ1) is 13.5. The van der Waals surface area contributed by atoms with Crippen LogP contribution in [0.15, 0.2) is 12.1 Å². The van der Waals surface area contributed by atoms with Crippen molar-refractivity contribution in [2.45, 2.75) is 25.4 Å². The van der Waals surface area contributed by atoms with Gasteiger partial charge in [0.25, 0.3) is 5.91 Å². The van der Waals surface area contributed by atoms with Gasteiger partial charge in [0.2, 0.25) is 11.8 Å². The van der Waals surface area contributed by atoms with Crippen LogP contribution >= 0.6 is 22.6 Å². The SMILES string of the molecule is O=C1CC[C@H](N2Cc3ccc(F)c(I)c3C2=O)C(=O)N1. The Labute approximate surface area is 127 Å². The van der Waals surface area contributed by atoms with E-state index in [1.807, 2.05) is 0 Å². The second kappa shape index (κ2) is 4.80. The first-order valence-corrected chi connectivity index (χ1v) is 7.18. The van der Waals surface area contributed by atoms with E-state index in [4.69, 9.17) is 0 Å². The van der Waals surface area contributed by atoms with Crippen LogP contribution in [0.25, 0.3) is 0 Å². The average Bonchev–Trinajstić information content (AvgIpc) is 2.72. The normalized spacial score (nSPS) is 22.0. The number of rotatable bonds is 1. The van der Waals surface area contributed by atoms with Crippen molar-refractivity contribution in [3.63, 3.8) is 0 Å². The van der Waals surface area contributed by atoms with Crippen LogP contribution in [0.1, 0.15) is 28.8 Å². The summed E-state index contributed by atoms with van der Waals surface area (Å²) in [6, 6.07) is 2.23. The summed E-state index contributed by atoms with van der Waals surface area (Å²) >= 11 is 1.80. The molecule has 20 heavy (non-hydrogen) atoms. The van der Waals surface area contributed by atoms with Gasteiger partial charge >= 0.3 is 0 Å². The molecule has 1 atom stereocenters. The van der Waals surface area contributed by atoms with E-state index in [1.54, 1.807) is 28.7 Å². The molecule has 1 aromatic carbocycles. The lowest BCUT2D eigenvalue weighted by Crippen LogP contribution is -2.52. The Hall–Kier alpha value is -1.51. The van der Waals surface area contributed by atoms with Crippen molar-refractivity contribution < 1.29 is 18.8 Å². The molecule has 2 heterocycles. The van der Waals surface area contributed by atoms with E-state index in [1.165, 1.54) is 11.0 Å². The summed E-state index contributed by atoms with van der Waals surface area (Å²) in [5, 5.41) is 2.23. The van der Waals surface area contributed by atoms with E-state index in [-0.39, 0.29) is 28.4 Å². The highest BCUT2D eigenvalue weighted by molar-refractivity contribution is 14.1. The Balaban J connectivity index is 1.93. The third-order valence-corrected chi connectivity index (χ3v) is 4.64. The minimum atomic E-state index is -0.661. The van der Waals surface area contributed by atoms with Crippen molar-refractivity contribution in [2.75, 3.05) is 0 Å². The Kier molecular flexibility index (Phi) is 3.23. The Morgan fingerprint density at radius 2 is 2.05 bits per heavy atom. The van der Waals surface area contributed by atoms with Gasteiger partial charge in [0.05, 0.1) is 9.13 Å². The molecule has 3 rings (SSSR count). The van der Waals surface area contributed by atoms with Gasteiger partial charge in [0.15, 0.2) is 0 Å². The van der Waals surface area contributed by atoms with Gasteiger partial charge < -0.3 is 4.90 Å². The molecule has 1 fully saturated rings. The van der Waals surface area contributed by atoms with Crippen molar-refractivity contribution in [1.29, 1.82) is 0 Å². The number of hydrogen-bond donors (Lipinski definition) is 1. The van der Waals surface area contributed by atoms with Crippen LogP contribution in [0.3, 0.4) is 0 Å². The highest BCUT2D eigenvalue weighted by Crippen LogP contribution is 2.31. The van der Waals surface area contributed by atoms with Crippen LogP contribution in [0, 0.1) is 9.39 Å². The fourth-order valence-electron chi connectivity index (χ4n) is 2.58. The maximum absolute atomic E-state index is 13.5. The average molecular weight is 388 g/mol. The second-order valence-electron chi connectivity index (χ2n) is 4.80. The summed E-state index contributed by atoms with van der Waals surface area (Å²) in [5.41, 5.74) is 1.04. The predicted molar refractivity (Wildman–Crippen MR) is 75.2 cm³/mol. The number of hydrogen-bond acceptors (Lipinski definition) is 3. The van der Waals surface area contributed by atoms with E-state index in [2.05, 4.69) is 5.32 Å². The molecule has 0 spiro atoms. The van der Waals surface area contributed by atoms with Crippen molar-refractivity contribution in [2.24, 2.45) is 0 Å². The summed E-state index contributed by atoms with van der Waals surface area (Å²) in [6.07, 6.45) is 0.519. The van der Waals surface area contributed by atoms with E-state index in [9.17, 15) is 18.8 Å². The number of imide groups is 1. The molecule has 104 valence electrons. The summed E-state index contributed by atoms with van der Waals surface area (Å²) < 4.78 is 13.8. The summed E-state index contributed by atoms with van der Waals surface area (Å²) in [4.78, 5) is 36.8. The molecular weight excluding hydrogens is 378 g/mol. The highest BCUT2D eigenvalue weighted by atomic mass is 127. The fraction of sp³-hybridized carbons (Fsp3) is 0.308. The van der Waals surface area contributed by atoms with Gasteiger partial charge in [-0.2, -0.15) is 0 Å². The molecule has 5 nitrogen and oxygen atoms in total. The Morgan fingerprint density at radius 3 is 2.75 bits per heavy atom. The zero-order valence-electron chi connectivity index (χ0n) is 10.3.